The maximum absolute atomic E-state index is 14.1. The first-order chi connectivity index (χ1) is 16.4. The van der Waals surface area contributed by atoms with Crippen molar-refractivity contribution in [2.75, 3.05) is 16.8 Å². The number of hydrogen-bond acceptors (Lipinski definition) is 4. The van der Waals surface area contributed by atoms with Crippen molar-refractivity contribution < 1.29 is 14.4 Å². The molecule has 6 nitrogen and oxygen atoms in total. The summed E-state index contributed by atoms with van der Waals surface area (Å²) < 4.78 is 0. The molecule has 0 unspecified atom stereocenters. The van der Waals surface area contributed by atoms with Gasteiger partial charge in [0.25, 0.3) is 0 Å². The molecule has 7 rings (SSSR count). The maximum atomic E-state index is 14.1. The third-order valence-corrected chi connectivity index (χ3v) is 8.43. The number of nitrogens with zero attached hydrogens (tertiary/aromatic N) is 2. The van der Waals surface area contributed by atoms with Crippen molar-refractivity contribution in [1.29, 1.82) is 0 Å². The van der Waals surface area contributed by atoms with Crippen molar-refractivity contribution in [3.8, 4) is 0 Å². The first-order valence-corrected chi connectivity index (χ1v) is 12.0. The molecule has 6 heteroatoms. The molecular formula is C28H25N3O3. The van der Waals surface area contributed by atoms with E-state index in [1.165, 1.54) is 4.90 Å². The van der Waals surface area contributed by atoms with Gasteiger partial charge in [-0.15, -0.1) is 0 Å². The van der Waals surface area contributed by atoms with Crippen LogP contribution in [0.25, 0.3) is 10.8 Å². The Morgan fingerprint density at radius 1 is 0.941 bits per heavy atom. The maximum Gasteiger partial charge on any atom is 0.250 e. The van der Waals surface area contributed by atoms with Crippen LogP contribution in [0.15, 0.2) is 54.6 Å². The Labute approximate surface area is 197 Å². The highest BCUT2D eigenvalue weighted by atomic mass is 16.2. The minimum atomic E-state index is -1.13. The molecule has 1 spiro atoms. The Morgan fingerprint density at radius 3 is 2.56 bits per heavy atom. The van der Waals surface area contributed by atoms with Gasteiger partial charge in [0.1, 0.15) is 5.54 Å². The van der Waals surface area contributed by atoms with E-state index in [1.807, 2.05) is 62.4 Å². The lowest BCUT2D eigenvalue weighted by molar-refractivity contribution is -0.135. The van der Waals surface area contributed by atoms with Crippen molar-refractivity contribution in [3.05, 3.63) is 71.3 Å². The van der Waals surface area contributed by atoms with Crippen LogP contribution in [0.2, 0.25) is 0 Å². The van der Waals surface area contributed by atoms with E-state index in [-0.39, 0.29) is 23.8 Å². The average Bonchev–Trinajstić information content (AvgIpc) is 3.52. The Hall–Kier alpha value is -3.51. The molecule has 0 bridgehead atoms. The number of carbonyl (C=O) groups excluding carboxylic acids is 3. The van der Waals surface area contributed by atoms with Crippen LogP contribution >= 0.6 is 0 Å². The number of carbonyl (C=O) groups is 3. The second-order valence-corrected chi connectivity index (χ2v) is 10.2. The molecule has 0 radical (unpaired) electrons. The first kappa shape index (κ1) is 19.9. The number of hydrogen-bond donors (Lipinski definition) is 1. The molecule has 3 aromatic rings. The molecule has 4 aliphatic rings. The van der Waals surface area contributed by atoms with E-state index in [1.54, 1.807) is 0 Å². The molecule has 3 amide bonds. The largest absolute Gasteiger partial charge is 0.324 e. The molecule has 1 N–H and O–H groups in total. The van der Waals surface area contributed by atoms with E-state index in [0.29, 0.717) is 12.2 Å². The van der Waals surface area contributed by atoms with Crippen LogP contribution < -0.4 is 10.2 Å². The Balaban J connectivity index is 1.43. The lowest BCUT2D eigenvalue weighted by Gasteiger charge is -2.36. The van der Waals surface area contributed by atoms with Crippen LogP contribution in [0.3, 0.4) is 0 Å². The number of benzene rings is 3. The highest BCUT2D eigenvalue weighted by Crippen LogP contribution is 2.61. The van der Waals surface area contributed by atoms with Gasteiger partial charge in [0.05, 0.1) is 17.5 Å². The highest BCUT2D eigenvalue weighted by molar-refractivity contribution is 6.26. The van der Waals surface area contributed by atoms with Gasteiger partial charge in [0, 0.05) is 17.3 Å². The van der Waals surface area contributed by atoms with Crippen LogP contribution in [0.1, 0.15) is 29.5 Å². The summed E-state index contributed by atoms with van der Waals surface area (Å²) in [7, 11) is 0. The van der Waals surface area contributed by atoms with Crippen molar-refractivity contribution in [2.24, 2.45) is 11.8 Å². The fraction of sp³-hybridized carbons (Fsp3) is 0.321. The van der Waals surface area contributed by atoms with E-state index in [2.05, 4.69) is 16.3 Å². The molecule has 4 heterocycles. The molecule has 4 aliphatic heterocycles. The zero-order chi connectivity index (χ0) is 23.4. The molecule has 3 aromatic carbocycles. The number of amides is 3. The number of anilines is 2. The highest BCUT2D eigenvalue weighted by Gasteiger charge is 2.74. The fourth-order valence-electron chi connectivity index (χ4n) is 7.23. The van der Waals surface area contributed by atoms with Crippen LogP contribution in [0.4, 0.5) is 11.4 Å². The summed E-state index contributed by atoms with van der Waals surface area (Å²) >= 11 is 0. The molecular weight excluding hydrogens is 426 g/mol. The van der Waals surface area contributed by atoms with Crippen molar-refractivity contribution >= 4 is 39.9 Å². The van der Waals surface area contributed by atoms with E-state index in [4.69, 9.17) is 0 Å². The summed E-state index contributed by atoms with van der Waals surface area (Å²) in [5, 5.41) is 5.13. The number of aryl methyl sites for hydroxylation is 2. The average molecular weight is 452 g/mol. The van der Waals surface area contributed by atoms with E-state index >= 15 is 0 Å². The van der Waals surface area contributed by atoms with Crippen molar-refractivity contribution in [1.82, 2.24) is 4.90 Å². The molecule has 3 saturated heterocycles. The van der Waals surface area contributed by atoms with Crippen LogP contribution in [0, 0.1) is 25.7 Å². The molecule has 0 aliphatic carbocycles. The lowest BCUT2D eigenvalue weighted by atomic mass is 9.75. The second kappa shape index (κ2) is 6.54. The van der Waals surface area contributed by atoms with Crippen molar-refractivity contribution in [3.63, 3.8) is 0 Å². The Kier molecular flexibility index (Phi) is 3.83. The molecule has 4 atom stereocenters. The fourth-order valence-corrected chi connectivity index (χ4v) is 7.23. The van der Waals surface area contributed by atoms with Gasteiger partial charge in [-0.1, -0.05) is 48.0 Å². The molecule has 170 valence electrons. The van der Waals surface area contributed by atoms with Crippen molar-refractivity contribution in [2.45, 2.75) is 38.3 Å². The third-order valence-electron chi connectivity index (χ3n) is 8.43. The summed E-state index contributed by atoms with van der Waals surface area (Å²) in [5.74, 6) is -1.85. The first-order valence-electron chi connectivity index (χ1n) is 12.0. The molecule has 34 heavy (non-hydrogen) atoms. The van der Waals surface area contributed by atoms with Crippen LogP contribution in [0.5, 0.6) is 0 Å². The van der Waals surface area contributed by atoms with Gasteiger partial charge < -0.3 is 5.32 Å². The minimum Gasteiger partial charge on any atom is -0.324 e. The third kappa shape index (κ3) is 2.22. The summed E-state index contributed by atoms with van der Waals surface area (Å²) in [6, 6.07) is 17.6. The van der Waals surface area contributed by atoms with E-state index in [9.17, 15) is 14.4 Å². The molecule has 3 fully saturated rings. The molecule has 0 saturated carbocycles. The Morgan fingerprint density at radius 2 is 1.74 bits per heavy atom. The quantitative estimate of drug-likeness (QED) is 0.570. The van der Waals surface area contributed by atoms with E-state index < -0.39 is 17.4 Å². The predicted octanol–water partition coefficient (Wildman–Crippen LogP) is 3.89. The molecule has 0 aromatic heterocycles. The van der Waals surface area contributed by atoms with Gasteiger partial charge in [-0.3, -0.25) is 19.3 Å². The zero-order valence-corrected chi connectivity index (χ0v) is 19.2. The minimum absolute atomic E-state index is 0.107. The smallest absolute Gasteiger partial charge is 0.250 e. The summed E-state index contributed by atoms with van der Waals surface area (Å²) in [5.41, 5.74) is 3.15. The zero-order valence-electron chi connectivity index (χ0n) is 19.2. The number of rotatable bonds is 1. The van der Waals surface area contributed by atoms with Crippen LogP contribution in [-0.2, 0) is 19.9 Å². The normalized spacial score (nSPS) is 29.8. The van der Waals surface area contributed by atoms with Gasteiger partial charge >= 0.3 is 0 Å². The summed E-state index contributed by atoms with van der Waals surface area (Å²) in [6.07, 6.45) is 1.74. The van der Waals surface area contributed by atoms with Gasteiger partial charge in [-0.05, 0) is 61.7 Å². The Bertz CT molecular complexity index is 1450. The topological polar surface area (TPSA) is 69.7 Å². The second-order valence-electron chi connectivity index (χ2n) is 10.2. The number of nitrogens with one attached hydrogen (secondary N) is 1. The van der Waals surface area contributed by atoms with Gasteiger partial charge in [-0.2, -0.15) is 0 Å². The standard InChI is InChI=1S/C28H25N3O3/c1-15-12-16(2)24-20(13-15)28(27(34)29-24)23-22(21-8-5-11-30(21)28)25(32)31(26(23)33)19-10-9-17-6-3-4-7-18(17)14-19/h3-4,6-7,9-10,12-14,21-23H,5,8,11H2,1-2H3,(H,29,34)/t21-,22+,23-,28+/m0/s1. The predicted molar refractivity (Wildman–Crippen MR) is 129 cm³/mol. The van der Waals surface area contributed by atoms with E-state index in [0.717, 1.165) is 46.0 Å². The summed E-state index contributed by atoms with van der Waals surface area (Å²) in [4.78, 5) is 45.4. The number of fused-ring (bicyclic) bond motifs is 8. The van der Waals surface area contributed by atoms with Gasteiger partial charge in [-0.25, -0.2) is 4.90 Å². The SMILES string of the molecule is Cc1cc(C)c2c(c1)[C@]1(C(=O)N2)[C@@H]2C(=O)N(c3ccc4ccccc4c3)C(=O)[C@@H]2[C@@H]2CCCN21. The monoisotopic (exact) mass is 451 g/mol. The van der Waals surface area contributed by atoms with Crippen LogP contribution in [-0.4, -0.2) is 35.2 Å². The van der Waals surface area contributed by atoms with Gasteiger partial charge in [0.2, 0.25) is 17.7 Å². The van der Waals surface area contributed by atoms with Gasteiger partial charge in [0.15, 0.2) is 0 Å². The lowest BCUT2D eigenvalue weighted by Crippen LogP contribution is -2.54. The number of imide groups is 1. The summed E-state index contributed by atoms with van der Waals surface area (Å²) in [6.45, 7) is 4.72.